The number of amides is 1. The van der Waals surface area contributed by atoms with Gasteiger partial charge in [0.25, 0.3) is 5.91 Å². The summed E-state index contributed by atoms with van der Waals surface area (Å²) in [5, 5.41) is 15.8. The zero-order valence-electron chi connectivity index (χ0n) is 14.7. The van der Waals surface area contributed by atoms with Crippen LogP contribution in [0.1, 0.15) is 30.9 Å². The molecular weight excluding hydrogens is 369 g/mol. The van der Waals surface area contributed by atoms with Gasteiger partial charge in [0, 0.05) is 11.9 Å². The molecule has 0 aromatic heterocycles. The Balaban J connectivity index is 2.25. The van der Waals surface area contributed by atoms with Gasteiger partial charge in [0.15, 0.2) is 0 Å². The van der Waals surface area contributed by atoms with Gasteiger partial charge in [0.1, 0.15) is 11.6 Å². The van der Waals surface area contributed by atoms with E-state index in [-0.39, 0.29) is 11.5 Å². The van der Waals surface area contributed by atoms with Crippen molar-refractivity contribution in [2.45, 2.75) is 26.7 Å². The van der Waals surface area contributed by atoms with E-state index in [1.807, 2.05) is 45.0 Å². The Bertz CT molecular complexity index is 898. The van der Waals surface area contributed by atoms with Crippen LogP contribution in [0.15, 0.2) is 48.2 Å². The maximum atomic E-state index is 12.5. The summed E-state index contributed by atoms with van der Waals surface area (Å²) in [5.41, 5.74) is 3.13. The first-order valence-electron chi connectivity index (χ1n) is 8.06. The Hall–Kier alpha value is -2.48. The maximum Gasteiger partial charge on any atom is 0.267 e. The fraction of sp³-hybridized carbons (Fsp3) is 0.200. The number of halogens is 2. The number of hydrogen-bond donors (Lipinski definition) is 2. The van der Waals surface area contributed by atoms with Crippen LogP contribution < -0.4 is 10.6 Å². The van der Waals surface area contributed by atoms with Crippen molar-refractivity contribution in [3.8, 4) is 6.07 Å². The Morgan fingerprint density at radius 2 is 1.88 bits per heavy atom. The molecule has 0 radical (unpaired) electrons. The third-order valence-electron chi connectivity index (χ3n) is 3.85. The van der Waals surface area contributed by atoms with E-state index in [0.29, 0.717) is 15.7 Å². The smallest absolute Gasteiger partial charge is 0.267 e. The molecule has 134 valence electrons. The van der Waals surface area contributed by atoms with Crippen LogP contribution in [0.4, 0.5) is 11.4 Å². The second-order valence-corrected chi connectivity index (χ2v) is 6.85. The lowest BCUT2D eigenvalue weighted by atomic mass is 9.98. The van der Waals surface area contributed by atoms with Crippen LogP contribution in [0.25, 0.3) is 0 Å². The van der Waals surface area contributed by atoms with Crippen molar-refractivity contribution in [2.24, 2.45) is 0 Å². The van der Waals surface area contributed by atoms with Crippen LogP contribution in [0.2, 0.25) is 10.0 Å². The van der Waals surface area contributed by atoms with E-state index < -0.39 is 5.91 Å². The van der Waals surface area contributed by atoms with E-state index in [9.17, 15) is 10.1 Å². The van der Waals surface area contributed by atoms with E-state index in [2.05, 4.69) is 10.6 Å². The van der Waals surface area contributed by atoms with Crippen molar-refractivity contribution in [3.63, 3.8) is 0 Å². The molecule has 0 aliphatic carbocycles. The van der Waals surface area contributed by atoms with E-state index in [1.165, 1.54) is 6.20 Å². The molecule has 0 aliphatic rings. The first-order chi connectivity index (χ1) is 12.3. The van der Waals surface area contributed by atoms with Gasteiger partial charge in [-0.25, -0.2) is 0 Å². The highest BCUT2D eigenvalue weighted by molar-refractivity contribution is 6.43. The minimum Gasteiger partial charge on any atom is -0.359 e. The molecule has 0 saturated heterocycles. The number of nitrogens with zero attached hydrogens (tertiary/aromatic N) is 1. The summed E-state index contributed by atoms with van der Waals surface area (Å²) in [7, 11) is 0. The summed E-state index contributed by atoms with van der Waals surface area (Å²) >= 11 is 12.1. The fourth-order valence-corrected chi connectivity index (χ4v) is 2.79. The highest BCUT2D eigenvalue weighted by Crippen LogP contribution is 2.30. The summed E-state index contributed by atoms with van der Waals surface area (Å²) in [4.78, 5) is 12.5. The maximum absolute atomic E-state index is 12.5. The van der Waals surface area contributed by atoms with Crippen LogP contribution >= 0.6 is 23.2 Å². The molecule has 2 N–H and O–H groups in total. The summed E-state index contributed by atoms with van der Waals surface area (Å²) in [6.07, 6.45) is 1.32. The average molecular weight is 388 g/mol. The summed E-state index contributed by atoms with van der Waals surface area (Å²) in [6.45, 7) is 6.02. The number of aryl methyl sites for hydroxylation is 1. The van der Waals surface area contributed by atoms with Gasteiger partial charge >= 0.3 is 0 Å². The fourth-order valence-electron chi connectivity index (χ4n) is 2.44. The Kier molecular flexibility index (Phi) is 6.68. The second kappa shape index (κ2) is 8.75. The van der Waals surface area contributed by atoms with Crippen molar-refractivity contribution in [1.82, 2.24) is 0 Å². The van der Waals surface area contributed by atoms with Crippen molar-refractivity contribution in [1.29, 1.82) is 5.26 Å². The number of rotatable bonds is 5. The first kappa shape index (κ1) is 19.8. The number of nitriles is 1. The molecule has 6 heteroatoms. The third-order valence-corrected chi connectivity index (χ3v) is 4.67. The number of carbonyl (C=O) groups excluding carboxylic acids is 1. The minimum atomic E-state index is -0.491. The van der Waals surface area contributed by atoms with Crippen LogP contribution in [-0.4, -0.2) is 5.91 Å². The van der Waals surface area contributed by atoms with Crippen LogP contribution in [-0.2, 0) is 4.79 Å². The molecular formula is C20H19Cl2N3O. The van der Waals surface area contributed by atoms with Gasteiger partial charge in [-0.15, -0.1) is 0 Å². The Labute approximate surface area is 163 Å². The molecule has 2 rings (SSSR count). The summed E-state index contributed by atoms with van der Waals surface area (Å²) < 4.78 is 0. The van der Waals surface area contributed by atoms with Crippen molar-refractivity contribution < 1.29 is 4.79 Å². The predicted molar refractivity (Wildman–Crippen MR) is 108 cm³/mol. The summed E-state index contributed by atoms with van der Waals surface area (Å²) in [5.74, 6) is -0.252. The molecule has 0 aliphatic heterocycles. The van der Waals surface area contributed by atoms with Gasteiger partial charge in [-0.05, 0) is 36.1 Å². The standard InChI is InChI=1S/C20H19Cl2N3O/c1-12(2)15-7-4-6-13(3)19(15)25-20(26)14(10-23)11-24-17-9-5-8-16(21)18(17)22/h4-9,11-12,24H,1-3H3,(H,25,26)/b14-11-. The van der Waals surface area contributed by atoms with Gasteiger partial charge < -0.3 is 10.6 Å². The number of benzene rings is 2. The molecule has 26 heavy (non-hydrogen) atoms. The van der Waals surface area contributed by atoms with Gasteiger partial charge in [-0.2, -0.15) is 5.26 Å². The van der Waals surface area contributed by atoms with Crippen LogP contribution in [0.5, 0.6) is 0 Å². The second-order valence-electron chi connectivity index (χ2n) is 6.06. The van der Waals surface area contributed by atoms with E-state index >= 15 is 0 Å². The normalized spacial score (nSPS) is 11.2. The topological polar surface area (TPSA) is 64.9 Å². The average Bonchev–Trinajstić information content (AvgIpc) is 2.60. The van der Waals surface area contributed by atoms with Gasteiger partial charge in [-0.3, -0.25) is 4.79 Å². The molecule has 4 nitrogen and oxygen atoms in total. The van der Waals surface area contributed by atoms with Gasteiger partial charge in [0.2, 0.25) is 0 Å². The molecule has 2 aromatic rings. The lowest BCUT2D eigenvalue weighted by molar-refractivity contribution is -0.112. The highest BCUT2D eigenvalue weighted by atomic mass is 35.5. The quantitative estimate of drug-likeness (QED) is 0.496. The molecule has 0 fully saturated rings. The monoisotopic (exact) mass is 387 g/mol. The van der Waals surface area contributed by atoms with Crippen molar-refractivity contribution in [2.75, 3.05) is 10.6 Å². The zero-order valence-corrected chi connectivity index (χ0v) is 16.2. The number of nitrogens with one attached hydrogen (secondary N) is 2. The Morgan fingerprint density at radius 3 is 2.54 bits per heavy atom. The predicted octanol–water partition coefficient (Wildman–Crippen LogP) is 5.88. The van der Waals surface area contributed by atoms with Crippen molar-refractivity contribution >= 4 is 40.5 Å². The number of hydrogen-bond acceptors (Lipinski definition) is 3. The molecule has 0 heterocycles. The zero-order chi connectivity index (χ0) is 19.3. The number of anilines is 2. The molecule has 2 aromatic carbocycles. The number of carbonyl (C=O) groups is 1. The SMILES string of the molecule is Cc1cccc(C(C)C)c1NC(=O)/C(C#N)=C\Nc1cccc(Cl)c1Cl. The lowest BCUT2D eigenvalue weighted by Gasteiger charge is -2.16. The molecule has 0 spiro atoms. The lowest BCUT2D eigenvalue weighted by Crippen LogP contribution is -2.17. The molecule has 0 unspecified atom stereocenters. The summed E-state index contributed by atoms with van der Waals surface area (Å²) in [6, 6.07) is 12.8. The first-order valence-corrected chi connectivity index (χ1v) is 8.82. The van der Waals surface area contributed by atoms with E-state index in [1.54, 1.807) is 18.2 Å². The van der Waals surface area contributed by atoms with Gasteiger partial charge in [0.05, 0.1) is 15.7 Å². The van der Waals surface area contributed by atoms with Crippen molar-refractivity contribution in [3.05, 3.63) is 69.3 Å². The van der Waals surface area contributed by atoms with Gasteiger partial charge in [-0.1, -0.05) is 61.3 Å². The largest absolute Gasteiger partial charge is 0.359 e. The van der Waals surface area contributed by atoms with Crippen LogP contribution in [0, 0.1) is 18.3 Å². The van der Waals surface area contributed by atoms with E-state index in [4.69, 9.17) is 23.2 Å². The van der Waals surface area contributed by atoms with Crippen LogP contribution in [0.3, 0.4) is 0 Å². The third kappa shape index (κ3) is 4.57. The van der Waals surface area contributed by atoms with E-state index in [0.717, 1.165) is 16.8 Å². The molecule has 0 bridgehead atoms. The molecule has 0 atom stereocenters. The molecule has 1 amide bonds. The number of para-hydroxylation sites is 1. The highest BCUT2D eigenvalue weighted by Gasteiger charge is 2.15. The minimum absolute atomic E-state index is 0.0704. The Morgan fingerprint density at radius 1 is 1.19 bits per heavy atom. The molecule has 0 saturated carbocycles.